The van der Waals surface area contributed by atoms with Gasteiger partial charge in [-0.1, -0.05) is 0 Å². The summed E-state index contributed by atoms with van der Waals surface area (Å²) in [5, 5.41) is 0. The molecule has 1 saturated heterocycles. The molecule has 0 radical (unpaired) electrons. The number of ether oxygens (including phenoxy) is 1. The Balaban J connectivity index is 2.60. The molecule has 1 aromatic carbocycles. The van der Waals surface area contributed by atoms with Gasteiger partial charge in [0.1, 0.15) is 0 Å². The highest BCUT2D eigenvalue weighted by atomic mass is 32.2. The lowest BCUT2D eigenvalue weighted by Crippen LogP contribution is -2.31. The number of methoxy groups -OCH3 is 1. The van der Waals surface area contributed by atoms with E-state index in [1.165, 1.54) is 19.2 Å². The van der Waals surface area contributed by atoms with Crippen LogP contribution in [0.15, 0.2) is 17.0 Å². The average Bonchev–Trinajstić information content (AvgIpc) is 2.45. The molecule has 0 aliphatic carbocycles. The normalized spacial score (nSPS) is 15.8. The highest BCUT2D eigenvalue weighted by Gasteiger charge is 2.25. The Morgan fingerprint density at radius 2 is 1.86 bits per heavy atom. The van der Waals surface area contributed by atoms with E-state index in [2.05, 4.69) is 4.74 Å². The van der Waals surface area contributed by atoms with Gasteiger partial charge < -0.3 is 15.4 Å². The van der Waals surface area contributed by atoms with Gasteiger partial charge in [0.2, 0.25) is 0 Å². The highest BCUT2D eigenvalue weighted by Crippen LogP contribution is 2.35. The molecule has 1 aliphatic heterocycles. The van der Waals surface area contributed by atoms with E-state index in [0.29, 0.717) is 11.4 Å². The lowest BCUT2D eigenvalue weighted by Gasteiger charge is -2.31. The number of carbonyl (C=O) groups excluding carboxylic acids is 1. The van der Waals surface area contributed by atoms with Crippen molar-refractivity contribution in [3.05, 3.63) is 17.7 Å². The van der Waals surface area contributed by atoms with Crippen molar-refractivity contribution in [3.8, 4) is 0 Å². The second kappa shape index (κ2) is 5.93. The van der Waals surface area contributed by atoms with Gasteiger partial charge >= 0.3 is 5.97 Å². The van der Waals surface area contributed by atoms with E-state index in [-0.39, 0.29) is 10.5 Å². The average molecular weight is 312 g/mol. The number of benzene rings is 1. The van der Waals surface area contributed by atoms with Gasteiger partial charge in [0.25, 0.3) is 0 Å². The molecule has 6 nitrogen and oxygen atoms in total. The van der Waals surface area contributed by atoms with Gasteiger partial charge in [0.05, 0.1) is 28.9 Å². The largest absolute Gasteiger partial charge is 0.465 e. The fourth-order valence-corrected chi connectivity index (χ4v) is 3.54. The Morgan fingerprint density at radius 3 is 2.38 bits per heavy atom. The van der Waals surface area contributed by atoms with E-state index in [1.54, 1.807) is 0 Å². The van der Waals surface area contributed by atoms with Crippen molar-refractivity contribution >= 4 is 27.2 Å². The molecule has 1 fully saturated rings. The summed E-state index contributed by atoms with van der Waals surface area (Å²) in [5.74, 6) is -0.600. The molecule has 2 rings (SSSR count). The number of esters is 1. The molecule has 1 aromatic rings. The smallest absolute Gasteiger partial charge is 0.337 e. The molecular formula is C14H20N2O4S. The first kappa shape index (κ1) is 15.6. The third-order valence-electron chi connectivity index (χ3n) is 3.60. The molecule has 0 saturated carbocycles. The maximum Gasteiger partial charge on any atom is 0.337 e. The Morgan fingerprint density at radius 1 is 1.24 bits per heavy atom. The SMILES string of the molecule is COC(=O)c1cc(N)c(N2CCCCC2)c(S(C)(=O)=O)c1. The number of nitrogens with zero attached hydrogens (tertiary/aromatic N) is 1. The predicted molar refractivity (Wildman–Crippen MR) is 81.4 cm³/mol. The second-order valence-corrected chi connectivity index (χ2v) is 7.21. The minimum absolute atomic E-state index is 0.0878. The third kappa shape index (κ3) is 3.29. The van der Waals surface area contributed by atoms with Crippen LogP contribution in [-0.4, -0.2) is 40.8 Å². The number of anilines is 2. The number of sulfone groups is 1. The summed E-state index contributed by atoms with van der Waals surface area (Å²) < 4.78 is 28.8. The van der Waals surface area contributed by atoms with Gasteiger partial charge in [-0.05, 0) is 31.4 Å². The van der Waals surface area contributed by atoms with E-state index in [1.807, 2.05) is 4.90 Å². The molecule has 0 aromatic heterocycles. The van der Waals surface area contributed by atoms with Crippen LogP contribution in [0, 0.1) is 0 Å². The number of hydrogen-bond acceptors (Lipinski definition) is 6. The first-order valence-corrected chi connectivity index (χ1v) is 8.70. The van der Waals surface area contributed by atoms with Crippen LogP contribution in [0.25, 0.3) is 0 Å². The topological polar surface area (TPSA) is 89.7 Å². The molecule has 0 atom stereocenters. The summed E-state index contributed by atoms with van der Waals surface area (Å²) in [6, 6.07) is 2.83. The van der Waals surface area contributed by atoms with E-state index in [4.69, 9.17) is 5.73 Å². The van der Waals surface area contributed by atoms with Crippen LogP contribution in [0.3, 0.4) is 0 Å². The monoisotopic (exact) mass is 312 g/mol. The zero-order chi connectivity index (χ0) is 15.6. The number of carbonyl (C=O) groups is 1. The van der Waals surface area contributed by atoms with Crippen molar-refractivity contribution < 1.29 is 17.9 Å². The molecule has 7 heteroatoms. The van der Waals surface area contributed by atoms with Gasteiger partial charge in [-0.15, -0.1) is 0 Å². The zero-order valence-corrected chi connectivity index (χ0v) is 13.1. The van der Waals surface area contributed by atoms with Crippen molar-refractivity contribution in [1.82, 2.24) is 0 Å². The molecule has 2 N–H and O–H groups in total. The summed E-state index contributed by atoms with van der Waals surface area (Å²) in [6.45, 7) is 1.54. The van der Waals surface area contributed by atoms with Crippen LogP contribution in [-0.2, 0) is 14.6 Å². The zero-order valence-electron chi connectivity index (χ0n) is 12.3. The quantitative estimate of drug-likeness (QED) is 0.671. The minimum Gasteiger partial charge on any atom is -0.465 e. The first-order chi connectivity index (χ1) is 9.84. The minimum atomic E-state index is -3.50. The molecule has 0 bridgehead atoms. The maximum atomic E-state index is 12.1. The van der Waals surface area contributed by atoms with E-state index < -0.39 is 15.8 Å². The van der Waals surface area contributed by atoms with Crippen LogP contribution in [0.2, 0.25) is 0 Å². The number of rotatable bonds is 3. The predicted octanol–water partition coefficient (Wildman–Crippen LogP) is 1.45. The van der Waals surface area contributed by atoms with Gasteiger partial charge in [-0.3, -0.25) is 0 Å². The van der Waals surface area contributed by atoms with Gasteiger partial charge in [-0.2, -0.15) is 0 Å². The Labute approximate surface area is 124 Å². The summed E-state index contributed by atoms with van der Waals surface area (Å²) in [7, 11) is -2.25. The van der Waals surface area contributed by atoms with Crippen molar-refractivity contribution in [2.45, 2.75) is 24.2 Å². The van der Waals surface area contributed by atoms with Crippen LogP contribution >= 0.6 is 0 Å². The molecule has 1 aliphatic rings. The molecule has 0 amide bonds. The summed E-state index contributed by atoms with van der Waals surface area (Å²) in [5.41, 5.74) is 6.97. The lowest BCUT2D eigenvalue weighted by atomic mass is 10.1. The number of nitrogens with two attached hydrogens (primary N) is 1. The third-order valence-corrected chi connectivity index (χ3v) is 4.71. The molecular weight excluding hydrogens is 292 g/mol. The van der Waals surface area contributed by atoms with Crippen molar-refractivity contribution in [3.63, 3.8) is 0 Å². The molecule has 0 spiro atoms. The molecule has 116 valence electrons. The van der Waals surface area contributed by atoms with E-state index in [9.17, 15) is 13.2 Å². The van der Waals surface area contributed by atoms with Crippen LogP contribution in [0.5, 0.6) is 0 Å². The molecule has 0 unspecified atom stereocenters. The fourth-order valence-electron chi connectivity index (χ4n) is 2.60. The standard InChI is InChI=1S/C14H20N2O4S/c1-20-14(17)10-8-11(15)13(12(9-10)21(2,18)19)16-6-4-3-5-7-16/h8-9H,3-7,15H2,1-2H3. The summed E-state index contributed by atoms with van der Waals surface area (Å²) in [6.07, 6.45) is 4.25. The molecule has 1 heterocycles. The maximum absolute atomic E-state index is 12.1. The van der Waals surface area contributed by atoms with Crippen LogP contribution in [0.4, 0.5) is 11.4 Å². The van der Waals surface area contributed by atoms with Crippen LogP contribution < -0.4 is 10.6 Å². The fraction of sp³-hybridized carbons (Fsp3) is 0.500. The number of piperidine rings is 1. The number of hydrogen-bond donors (Lipinski definition) is 1. The first-order valence-electron chi connectivity index (χ1n) is 6.81. The van der Waals surface area contributed by atoms with Gasteiger partial charge in [0.15, 0.2) is 9.84 Å². The molecule has 21 heavy (non-hydrogen) atoms. The second-order valence-electron chi connectivity index (χ2n) is 5.22. The lowest BCUT2D eigenvalue weighted by molar-refractivity contribution is 0.0600. The van der Waals surface area contributed by atoms with E-state index in [0.717, 1.165) is 38.6 Å². The summed E-state index contributed by atoms with van der Waals surface area (Å²) in [4.78, 5) is 13.7. The Bertz CT molecular complexity index is 649. The van der Waals surface area contributed by atoms with Gasteiger partial charge in [-0.25, -0.2) is 13.2 Å². The summed E-state index contributed by atoms with van der Waals surface area (Å²) >= 11 is 0. The highest BCUT2D eigenvalue weighted by molar-refractivity contribution is 7.90. The van der Waals surface area contributed by atoms with Crippen molar-refractivity contribution in [2.24, 2.45) is 0 Å². The van der Waals surface area contributed by atoms with Crippen LogP contribution in [0.1, 0.15) is 29.6 Å². The number of nitrogen functional groups attached to an aromatic ring is 1. The van der Waals surface area contributed by atoms with Gasteiger partial charge in [0, 0.05) is 19.3 Å². The van der Waals surface area contributed by atoms with E-state index >= 15 is 0 Å². The van der Waals surface area contributed by atoms with Crippen molar-refractivity contribution in [2.75, 3.05) is 37.1 Å². The Kier molecular flexibility index (Phi) is 4.41. The Hall–Kier alpha value is -1.76. The van der Waals surface area contributed by atoms with Crippen molar-refractivity contribution in [1.29, 1.82) is 0 Å².